The summed E-state index contributed by atoms with van der Waals surface area (Å²) in [6, 6.07) is 17.7. The van der Waals surface area contributed by atoms with E-state index in [0.717, 1.165) is 16.8 Å². The third kappa shape index (κ3) is 6.61. The van der Waals surface area contributed by atoms with E-state index >= 15 is 0 Å². The van der Waals surface area contributed by atoms with E-state index in [4.69, 9.17) is 25.7 Å². The molecule has 0 bridgehead atoms. The molecular formula is C27H33N3O4. The average Bonchev–Trinajstić information content (AvgIpc) is 3.14. The van der Waals surface area contributed by atoms with Gasteiger partial charge in [0.25, 0.3) is 0 Å². The molecule has 0 saturated carbocycles. The zero-order valence-electron chi connectivity index (χ0n) is 20.3. The van der Waals surface area contributed by atoms with Crippen LogP contribution in [0.2, 0.25) is 0 Å². The molecule has 1 aromatic heterocycles. The maximum atomic E-state index is 10.5. The summed E-state index contributed by atoms with van der Waals surface area (Å²) in [4.78, 5) is 2.17. The standard InChI is InChI=1S/C27H33N3O4/c1-6-15-33-19-22(31)17-30(20(2)3)18-25-26(21-11-8-7-9-12-21)28-29(4)27(25)34-24-14-10-13-23(16-24)32-5/h1,7-14,16,20,22,31H,15,17-19H2,2-5H3. The van der Waals surface area contributed by atoms with Crippen LogP contribution in [0.25, 0.3) is 11.3 Å². The van der Waals surface area contributed by atoms with E-state index < -0.39 is 6.10 Å². The summed E-state index contributed by atoms with van der Waals surface area (Å²) in [6.07, 6.45) is 4.57. The molecule has 0 saturated heterocycles. The molecule has 3 rings (SSSR count). The Hall–Kier alpha value is -3.31. The number of rotatable bonds is 12. The van der Waals surface area contributed by atoms with Crippen molar-refractivity contribution in [1.82, 2.24) is 14.7 Å². The number of terminal acetylenes is 1. The van der Waals surface area contributed by atoms with E-state index in [1.54, 1.807) is 11.8 Å². The number of aryl methyl sites for hydroxylation is 1. The second-order valence-electron chi connectivity index (χ2n) is 8.30. The molecule has 0 aliphatic rings. The lowest BCUT2D eigenvalue weighted by molar-refractivity contribution is 0.0191. The highest BCUT2D eigenvalue weighted by molar-refractivity contribution is 5.65. The van der Waals surface area contributed by atoms with E-state index in [-0.39, 0.29) is 19.3 Å². The summed E-state index contributed by atoms with van der Waals surface area (Å²) < 4.78 is 18.8. The van der Waals surface area contributed by atoms with Crippen molar-refractivity contribution in [1.29, 1.82) is 0 Å². The van der Waals surface area contributed by atoms with Crippen LogP contribution < -0.4 is 9.47 Å². The van der Waals surface area contributed by atoms with Gasteiger partial charge in [-0.25, -0.2) is 4.68 Å². The molecule has 7 heteroatoms. The Morgan fingerprint density at radius 2 is 1.85 bits per heavy atom. The van der Waals surface area contributed by atoms with E-state index in [0.29, 0.717) is 30.5 Å². The minimum atomic E-state index is -0.671. The molecule has 0 amide bonds. The Balaban J connectivity index is 1.95. The quantitative estimate of drug-likeness (QED) is 0.322. The molecular weight excluding hydrogens is 430 g/mol. The van der Waals surface area contributed by atoms with Gasteiger partial charge in [-0.15, -0.1) is 6.42 Å². The summed E-state index contributed by atoms with van der Waals surface area (Å²) in [7, 11) is 3.49. The van der Waals surface area contributed by atoms with Crippen LogP contribution in [0, 0.1) is 12.3 Å². The Labute approximate surface area is 201 Å². The van der Waals surface area contributed by atoms with Crippen LogP contribution in [0.1, 0.15) is 19.4 Å². The van der Waals surface area contributed by atoms with Gasteiger partial charge in [-0.05, 0) is 26.0 Å². The van der Waals surface area contributed by atoms with Gasteiger partial charge in [0.15, 0.2) is 0 Å². The maximum Gasteiger partial charge on any atom is 0.222 e. The highest BCUT2D eigenvalue weighted by atomic mass is 16.5. The lowest BCUT2D eigenvalue weighted by Crippen LogP contribution is -2.39. The summed E-state index contributed by atoms with van der Waals surface area (Å²) in [5.41, 5.74) is 2.77. The predicted octanol–water partition coefficient (Wildman–Crippen LogP) is 4.11. The summed E-state index contributed by atoms with van der Waals surface area (Å²) in [5, 5.41) is 15.3. The molecule has 0 aliphatic carbocycles. The van der Waals surface area contributed by atoms with Crippen LogP contribution in [0.3, 0.4) is 0 Å². The largest absolute Gasteiger partial charge is 0.497 e. The SMILES string of the molecule is C#CCOCC(O)CN(Cc1c(-c2ccccc2)nn(C)c1Oc1cccc(OC)c1)C(C)C. The molecule has 180 valence electrons. The summed E-state index contributed by atoms with van der Waals surface area (Å²) in [5.74, 6) is 4.42. The number of ether oxygens (including phenoxy) is 3. The van der Waals surface area contributed by atoms with Crippen molar-refractivity contribution in [2.75, 3.05) is 26.9 Å². The first-order valence-electron chi connectivity index (χ1n) is 11.3. The number of aliphatic hydroxyl groups excluding tert-OH is 1. The predicted molar refractivity (Wildman–Crippen MR) is 133 cm³/mol. The molecule has 2 aromatic carbocycles. The van der Waals surface area contributed by atoms with Gasteiger partial charge in [0.05, 0.1) is 25.4 Å². The Morgan fingerprint density at radius 1 is 1.12 bits per heavy atom. The fourth-order valence-corrected chi connectivity index (χ4v) is 3.67. The Morgan fingerprint density at radius 3 is 2.53 bits per heavy atom. The van der Waals surface area contributed by atoms with Crippen LogP contribution >= 0.6 is 0 Å². The zero-order chi connectivity index (χ0) is 24.5. The molecule has 34 heavy (non-hydrogen) atoms. The topological polar surface area (TPSA) is 69.0 Å². The fourth-order valence-electron chi connectivity index (χ4n) is 3.67. The van der Waals surface area contributed by atoms with Crippen molar-refractivity contribution in [3.63, 3.8) is 0 Å². The van der Waals surface area contributed by atoms with E-state index in [1.807, 2.05) is 61.6 Å². The van der Waals surface area contributed by atoms with Crippen LogP contribution in [0.15, 0.2) is 54.6 Å². The van der Waals surface area contributed by atoms with Crippen LogP contribution in [-0.2, 0) is 18.3 Å². The van der Waals surface area contributed by atoms with Gasteiger partial charge in [0, 0.05) is 37.8 Å². The van der Waals surface area contributed by atoms with E-state index in [2.05, 4.69) is 24.7 Å². The number of nitrogens with zero attached hydrogens (tertiary/aromatic N) is 3. The second kappa shape index (κ2) is 12.2. The zero-order valence-corrected chi connectivity index (χ0v) is 20.3. The number of hydrogen-bond acceptors (Lipinski definition) is 6. The van der Waals surface area contributed by atoms with Crippen LogP contribution in [-0.4, -0.2) is 58.8 Å². The highest BCUT2D eigenvalue weighted by Crippen LogP contribution is 2.35. The fraction of sp³-hybridized carbons (Fsp3) is 0.370. The molecule has 3 aromatic rings. The third-order valence-electron chi connectivity index (χ3n) is 5.42. The highest BCUT2D eigenvalue weighted by Gasteiger charge is 2.24. The van der Waals surface area contributed by atoms with Gasteiger partial charge in [0.1, 0.15) is 23.8 Å². The van der Waals surface area contributed by atoms with Crippen molar-refractivity contribution in [2.24, 2.45) is 7.05 Å². The average molecular weight is 464 g/mol. The van der Waals surface area contributed by atoms with Gasteiger partial charge >= 0.3 is 0 Å². The minimum Gasteiger partial charge on any atom is -0.497 e. The summed E-state index contributed by atoms with van der Waals surface area (Å²) >= 11 is 0. The smallest absolute Gasteiger partial charge is 0.222 e. The lowest BCUT2D eigenvalue weighted by Gasteiger charge is -2.29. The number of aromatic nitrogens is 2. The monoisotopic (exact) mass is 463 g/mol. The van der Waals surface area contributed by atoms with Crippen molar-refractivity contribution in [3.05, 3.63) is 60.2 Å². The first-order valence-corrected chi connectivity index (χ1v) is 11.3. The van der Waals surface area contributed by atoms with Gasteiger partial charge in [-0.1, -0.05) is 42.3 Å². The summed E-state index contributed by atoms with van der Waals surface area (Å²) in [6.45, 7) is 5.49. The molecule has 0 aliphatic heterocycles. The van der Waals surface area contributed by atoms with Crippen molar-refractivity contribution < 1.29 is 19.3 Å². The normalized spacial score (nSPS) is 12.1. The molecule has 1 atom stereocenters. The van der Waals surface area contributed by atoms with Gasteiger partial charge < -0.3 is 19.3 Å². The van der Waals surface area contributed by atoms with E-state index in [1.165, 1.54) is 0 Å². The first kappa shape index (κ1) is 25.3. The third-order valence-corrected chi connectivity index (χ3v) is 5.42. The van der Waals surface area contributed by atoms with E-state index in [9.17, 15) is 5.11 Å². The van der Waals surface area contributed by atoms with Crippen molar-refractivity contribution >= 4 is 0 Å². The van der Waals surface area contributed by atoms with Crippen LogP contribution in [0.5, 0.6) is 17.4 Å². The van der Waals surface area contributed by atoms with Gasteiger partial charge in [-0.2, -0.15) is 5.10 Å². The van der Waals surface area contributed by atoms with Gasteiger partial charge in [0.2, 0.25) is 5.88 Å². The number of aliphatic hydroxyl groups is 1. The molecule has 1 N–H and O–H groups in total. The Kier molecular flexibility index (Phi) is 9.11. The molecule has 7 nitrogen and oxygen atoms in total. The maximum absolute atomic E-state index is 10.5. The number of hydrogen-bond donors (Lipinski definition) is 1. The van der Waals surface area contributed by atoms with Crippen molar-refractivity contribution in [2.45, 2.75) is 32.5 Å². The molecule has 1 heterocycles. The van der Waals surface area contributed by atoms with Crippen LogP contribution in [0.4, 0.5) is 0 Å². The Bertz CT molecular complexity index is 1090. The molecule has 0 radical (unpaired) electrons. The molecule has 0 fully saturated rings. The first-order chi connectivity index (χ1) is 16.4. The minimum absolute atomic E-state index is 0.163. The number of methoxy groups -OCH3 is 1. The second-order valence-corrected chi connectivity index (χ2v) is 8.30. The molecule has 0 spiro atoms. The van der Waals surface area contributed by atoms with Crippen molar-refractivity contribution in [3.8, 4) is 41.0 Å². The van der Waals surface area contributed by atoms with Gasteiger partial charge in [-0.3, -0.25) is 4.90 Å². The molecule has 1 unspecified atom stereocenters. The lowest BCUT2D eigenvalue weighted by atomic mass is 10.1. The number of benzene rings is 2.